The molecule has 0 aromatic rings. The van der Waals surface area contributed by atoms with Crippen molar-refractivity contribution in [1.29, 1.82) is 0 Å². The summed E-state index contributed by atoms with van der Waals surface area (Å²) < 4.78 is 39.4. The summed E-state index contributed by atoms with van der Waals surface area (Å²) in [5.41, 5.74) is -0.204. The third-order valence-corrected chi connectivity index (χ3v) is 14.7. The molecule has 3 fully saturated rings. The van der Waals surface area contributed by atoms with Crippen LogP contribution in [-0.2, 0) is 24.0 Å². The van der Waals surface area contributed by atoms with Gasteiger partial charge in [-0.3, -0.25) is 4.79 Å². The van der Waals surface area contributed by atoms with Crippen LogP contribution in [0.25, 0.3) is 0 Å². The van der Waals surface area contributed by atoms with E-state index in [-0.39, 0.29) is 34.3 Å². The van der Waals surface area contributed by atoms with Gasteiger partial charge in [0, 0.05) is 12.5 Å². The molecule has 168 valence electrons. The lowest BCUT2D eigenvalue weighted by Gasteiger charge is -2.41. The third kappa shape index (κ3) is 3.83. The van der Waals surface area contributed by atoms with Gasteiger partial charge in [-0.15, -0.1) is 0 Å². The van der Waals surface area contributed by atoms with Crippen LogP contribution in [0.2, 0.25) is 18.1 Å². The maximum Gasteiger partial charge on any atom is 0.241 e. The molecule has 0 aromatic carbocycles. The maximum atomic E-state index is 13.5. The Kier molecular flexibility index (Phi) is 5.86. The van der Waals surface area contributed by atoms with Crippen molar-refractivity contribution in [3.05, 3.63) is 0 Å². The maximum absolute atomic E-state index is 13.5. The van der Waals surface area contributed by atoms with Gasteiger partial charge in [-0.25, -0.2) is 12.7 Å². The molecule has 29 heavy (non-hydrogen) atoms. The number of amides is 1. The highest BCUT2D eigenvalue weighted by atomic mass is 32.2. The number of sulfonamides is 1. The van der Waals surface area contributed by atoms with Crippen molar-refractivity contribution < 1.29 is 22.4 Å². The minimum atomic E-state index is -3.56. The van der Waals surface area contributed by atoms with Crippen molar-refractivity contribution in [1.82, 2.24) is 4.31 Å². The van der Waals surface area contributed by atoms with Crippen LogP contribution in [0.3, 0.4) is 0 Å². The summed E-state index contributed by atoms with van der Waals surface area (Å²) >= 11 is 0. The Hall–Kier alpha value is -0.443. The van der Waals surface area contributed by atoms with E-state index in [2.05, 4.69) is 33.9 Å². The largest absolute Gasteiger partial charge is 0.412 e. The van der Waals surface area contributed by atoms with Crippen LogP contribution in [0, 0.1) is 17.3 Å². The lowest BCUT2D eigenvalue weighted by atomic mass is 9.81. The molecule has 6 atom stereocenters. The second-order valence-corrected chi connectivity index (χ2v) is 17.8. The molecule has 1 saturated heterocycles. The Bertz CT molecular complexity index is 762. The standard InChI is InChI=1S/C21H39NO5SSi/c1-14(18(26-6)15(2)27-29(7,8)20(3,4)5)19(23)22-17-11-16-9-10-21(17,12-16)13-28(22,24)25/h14-18H,9-13H2,1-8H3/t14-,15+,16-,17-,18-,21-/m1/s1. The Morgan fingerprint density at radius 1 is 1.24 bits per heavy atom. The molecular formula is C21H39NO5SSi. The zero-order chi connectivity index (χ0) is 22.0. The first-order valence-electron chi connectivity index (χ1n) is 10.9. The van der Waals surface area contributed by atoms with E-state index in [9.17, 15) is 13.2 Å². The van der Waals surface area contributed by atoms with Crippen molar-refractivity contribution in [3.8, 4) is 0 Å². The summed E-state index contributed by atoms with van der Waals surface area (Å²) in [6.45, 7) is 14.6. The van der Waals surface area contributed by atoms with Gasteiger partial charge in [-0.2, -0.15) is 0 Å². The predicted molar refractivity (Wildman–Crippen MR) is 117 cm³/mol. The zero-order valence-electron chi connectivity index (χ0n) is 19.3. The van der Waals surface area contributed by atoms with Crippen molar-refractivity contribution in [2.24, 2.45) is 17.3 Å². The Balaban J connectivity index is 1.79. The van der Waals surface area contributed by atoms with Gasteiger partial charge in [-0.1, -0.05) is 27.7 Å². The van der Waals surface area contributed by atoms with Crippen molar-refractivity contribution in [2.45, 2.75) is 96.7 Å². The fraction of sp³-hybridized carbons (Fsp3) is 0.952. The molecule has 2 bridgehead atoms. The molecule has 1 spiro atoms. The zero-order valence-corrected chi connectivity index (χ0v) is 21.1. The molecule has 3 rings (SSSR count). The van der Waals surface area contributed by atoms with Gasteiger partial charge in [0.05, 0.1) is 29.9 Å². The minimum absolute atomic E-state index is 0.0422. The number of hydrogen-bond donors (Lipinski definition) is 0. The van der Waals surface area contributed by atoms with E-state index in [0.29, 0.717) is 5.92 Å². The second kappa shape index (κ2) is 7.31. The molecule has 0 aromatic heterocycles. The molecule has 3 aliphatic rings. The van der Waals surface area contributed by atoms with E-state index in [4.69, 9.17) is 9.16 Å². The summed E-state index contributed by atoms with van der Waals surface area (Å²) in [4.78, 5) is 13.5. The average molecular weight is 446 g/mol. The summed E-state index contributed by atoms with van der Waals surface area (Å²) in [6.07, 6.45) is 3.03. The van der Waals surface area contributed by atoms with Gasteiger partial charge in [0.25, 0.3) is 0 Å². The smallest absolute Gasteiger partial charge is 0.241 e. The van der Waals surface area contributed by atoms with Gasteiger partial charge in [0.1, 0.15) is 0 Å². The SMILES string of the molecule is CO[C@@H]([C@H](C)O[Si](C)(C)C(C)(C)C)[C@@H](C)C(=O)N1[C@@H]2C[C@H]3CC[C@@]2(C3)CS1(=O)=O. The third-order valence-electron chi connectivity index (χ3n) is 8.18. The Morgan fingerprint density at radius 2 is 1.86 bits per heavy atom. The van der Waals surface area contributed by atoms with Crippen LogP contribution in [0.5, 0.6) is 0 Å². The topological polar surface area (TPSA) is 72.9 Å². The van der Waals surface area contributed by atoms with Gasteiger partial charge in [0.15, 0.2) is 8.32 Å². The number of hydrogen-bond acceptors (Lipinski definition) is 5. The van der Waals surface area contributed by atoms with Crippen LogP contribution < -0.4 is 0 Å². The van der Waals surface area contributed by atoms with Crippen LogP contribution in [0.4, 0.5) is 0 Å². The predicted octanol–water partition coefficient (Wildman–Crippen LogP) is 3.78. The van der Waals surface area contributed by atoms with Gasteiger partial charge < -0.3 is 9.16 Å². The van der Waals surface area contributed by atoms with Crippen molar-refractivity contribution >= 4 is 24.2 Å². The normalized spacial score (nSPS) is 34.1. The molecular weight excluding hydrogens is 406 g/mol. The monoisotopic (exact) mass is 445 g/mol. The number of fused-ring (bicyclic) bond motifs is 1. The van der Waals surface area contributed by atoms with Crippen LogP contribution in [0.15, 0.2) is 0 Å². The number of carbonyl (C=O) groups excluding carboxylic acids is 1. The average Bonchev–Trinajstić information content (AvgIpc) is 3.16. The van der Waals surface area contributed by atoms with E-state index in [0.717, 1.165) is 25.7 Å². The van der Waals surface area contributed by atoms with E-state index >= 15 is 0 Å². The van der Waals surface area contributed by atoms with Crippen molar-refractivity contribution in [2.75, 3.05) is 12.9 Å². The summed E-state index contributed by atoms with van der Waals surface area (Å²) in [7, 11) is -4.03. The molecule has 1 aliphatic heterocycles. The van der Waals surface area contributed by atoms with Gasteiger partial charge in [-0.05, 0) is 56.7 Å². The van der Waals surface area contributed by atoms with Crippen LogP contribution in [0.1, 0.15) is 60.3 Å². The molecule has 2 saturated carbocycles. The molecule has 0 N–H and O–H groups in total. The first kappa shape index (κ1) is 23.2. The molecule has 0 radical (unpaired) electrons. The van der Waals surface area contributed by atoms with E-state index in [1.165, 1.54) is 4.31 Å². The molecule has 8 heteroatoms. The number of methoxy groups -OCH3 is 1. The first-order chi connectivity index (χ1) is 13.2. The van der Waals surface area contributed by atoms with E-state index in [1.54, 1.807) is 14.0 Å². The summed E-state index contributed by atoms with van der Waals surface area (Å²) in [6, 6.07) is -0.157. The number of rotatable bonds is 6. The number of nitrogens with zero attached hydrogens (tertiary/aromatic N) is 1. The lowest BCUT2D eigenvalue weighted by Crippen LogP contribution is -2.52. The summed E-state index contributed by atoms with van der Waals surface area (Å²) in [5.74, 6) is -0.200. The van der Waals surface area contributed by atoms with Crippen molar-refractivity contribution in [3.63, 3.8) is 0 Å². The van der Waals surface area contributed by atoms with E-state index in [1.807, 2.05) is 6.92 Å². The highest BCUT2D eigenvalue weighted by molar-refractivity contribution is 7.90. The van der Waals surface area contributed by atoms with Gasteiger partial charge >= 0.3 is 0 Å². The van der Waals surface area contributed by atoms with E-state index < -0.39 is 30.4 Å². The van der Waals surface area contributed by atoms with Crippen LogP contribution >= 0.6 is 0 Å². The second-order valence-electron chi connectivity index (χ2n) is 11.2. The minimum Gasteiger partial charge on any atom is -0.412 e. The Labute approximate surface area is 177 Å². The van der Waals surface area contributed by atoms with Gasteiger partial charge in [0.2, 0.25) is 15.9 Å². The highest BCUT2D eigenvalue weighted by Gasteiger charge is 2.64. The number of carbonyl (C=O) groups is 1. The fourth-order valence-electron chi connectivity index (χ4n) is 5.68. The molecule has 2 aliphatic carbocycles. The molecule has 0 unspecified atom stereocenters. The quantitative estimate of drug-likeness (QED) is 0.582. The first-order valence-corrected chi connectivity index (χ1v) is 15.4. The highest BCUT2D eigenvalue weighted by Crippen LogP contribution is 2.60. The molecule has 1 heterocycles. The molecule has 6 nitrogen and oxygen atoms in total. The number of ether oxygens (including phenoxy) is 1. The lowest BCUT2D eigenvalue weighted by molar-refractivity contribution is -0.140. The van der Waals surface area contributed by atoms with Crippen LogP contribution in [-0.4, -0.2) is 58.1 Å². The Morgan fingerprint density at radius 3 is 2.38 bits per heavy atom. The molecule has 1 amide bonds. The summed E-state index contributed by atoms with van der Waals surface area (Å²) in [5, 5.41) is 0.0422. The fourth-order valence-corrected chi connectivity index (χ4v) is 9.56.